The van der Waals surface area contributed by atoms with E-state index in [1.165, 1.54) is 18.4 Å². The fourth-order valence-electron chi connectivity index (χ4n) is 3.19. The molecule has 3 aromatic carbocycles. The lowest BCUT2D eigenvalue weighted by Gasteiger charge is -2.21. The molecule has 1 fully saturated rings. The van der Waals surface area contributed by atoms with Crippen LogP contribution in [0, 0.1) is 5.82 Å². The molecule has 1 aliphatic heterocycles. The van der Waals surface area contributed by atoms with Crippen LogP contribution in [0.2, 0.25) is 0 Å². The number of carbonyl (C=O) groups excluding carboxylic acids is 1. The average Bonchev–Trinajstić information content (AvgIpc) is 2.99. The van der Waals surface area contributed by atoms with Crippen molar-refractivity contribution in [2.24, 2.45) is 0 Å². The maximum Gasteiger partial charge on any atom is 0.326 e. The van der Waals surface area contributed by atoms with Crippen LogP contribution in [0.1, 0.15) is 5.56 Å². The van der Waals surface area contributed by atoms with Crippen LogP contribution in [0.25, 0.3) is 10.8 Å². The summed E-state index contributed by atoms with van der Waals surface area (Å²) in [6.07, 6.45) is 1.20. The van der Waals surface area contributed by atoms with Gasteiger partial charge in [0.2, 0.25) is 0 Å². The Morgan fingerprint density at radius 3 is 2.60 bits per heavy atom. The van der Waals surface area contributed by atoms with Crippen molar-refractivity contribution in [2.75, 3.05) is 10.8 Å². The standard InChI is InChI=1S/C21H17FN2O5S/c1-2-28-16-9-8-15-10-18(29-13-14-6-4-3-5-7-14)21(20(22)17(15)11-16)24-12-19(25)23-30(24,26)27/h2-11H,1,12-13H2,(H,23,25). The molecule has 9 heteroatoms. The number of hydrogen-bond donors (Lipinski definition) is 1. The summed E-state index contributed by atoms with van der Waals surface area (Å²) in [6.45, 7) is 3.01. The van der Waals surface area contributed by atoms with Crippen molar-refractivity contribution in [3.05, 3.63) is 78.8 Å². The number of benzene rings is 3. The summed E-state index contributed by atoms with van der Waals surface area (Å²) in [5.41, 5.74) is 0.477. The average molecular weight is 428 g/mol. The van der Waals surface area contributed by atoms with Crippen LogP contribution in [0.5, 0.6) is 11.5 Å². The number of fused-ring (bicyclic) bond motifs is 1. The van der Waals surface area contributed by atoms with E-state index in [1.807, 2.05) is 35.1 Å². The van der Waals surface area contributed by atoms with Gasteiger partial charge in [-0.1, -0.05) is 43.0 Å². The van der Waals surface area contributed by atoms with E-state index in [1.54, 1.807) is 12.1 Å². The van der Waals surface area contributed by atoms with Gasteiger partial charge in [0.15, 0.2) is 5.82 Å². The zero-order chi connectivity index (χ0) is 21.3. The Labute approximate surface area is 172 Å². The SMILES string of the molecule is C=COc1ccc2cc(OCc3ccccc3)c(N3CC(=O)NS3(=O)=O)c(F)c2c1. The second-order valence-electron chi connectivity index (χ2n) is 6.52. The van der Waals surface area contributed by atoms with Gasteiger partial charge in [-0.05, 0) is 29.1 Å². The zero-order valence-corrected chi connectivity index (χ0v) is 16.5. The van der Waals surface area contributed by atoms with E-state index >= 15 is 4.39 Å². The predicted molar refractivity (Wildman–Crippen MR) is 110 cm³/mol. The van der Waals surface area contributed by atoms with Crippen LogP contribution in [0.15, 0.2) is 67.4 Å². The minimum Gasteiger partial charge on any atom is -0.487 e. The molecular weight excluding hydrogens is 411 g/mol. The van der Waals surface area contributed by atoms with Crippen molar-refractivity contribution >= 4 is 32.6 Å². The summed E-state index contributed by atoms with van der Waals surface area (Å²) >= 11 is 0. The van der Waals surface area contributed by atoms with Crippen LogP contribution in [-0.4, -0.2) is 20.9 Å². The summed E-state index contributed by atoms with van der Waals surface area (Å²) in [7, 11) is -4.24. The maximum atomic E-state index is 15.6. The third-order valence-corrected chi connectivity index (χ3v) is 5.89. The molecule has 0 aromatic heterocycles. The van der Waals surface area contributed by atoms with E-state index in [9.17, 15) is 13.2 Å². The van der Waals surface area contributed by atoms with Gasteiger partial charge in [-0.25, -0.2) is 13.4 Å². The monoisotopic (exact) mass is 428 g/mol. The topological polar surface area (TPSA) is 84.9 Å². The Kier molecular flexibility index (Phi) is 5.04. The molecule has 154 valence electrons. The van der Waals surface area contributed by atoms with E-state index in [4.69, 9.17) is 9.47 Å². The zero-order valence-electron chi connectivity index (χ0n) is 15.7. The predicted octanol–water partition coefficient (Wildman–Crippen LogP) is 3.26. The lowest BCUT2D eigenvalue weighted by atomic mass is 10.1. The second kappa shape index (κ2) is 7.68. The molecule has 1 aliphatic rings. The highest BCUT2D eigenvalue weighted by atomic mass is 32.2. The van der Waals surface area contributed by atoms with E-state index < -0.39 is 28.5 Å². The van der Waals surface area contributed by atoms with Gasteiger partial charge in [-0.3, -0.25) is 4.79 Å². The summed E-state index contributed by atoms with van der Waals surface area (Å²) in [6, 6.07) is 15.4. The number of nitrogens with zero attached hydrogens (tertiary/aromatic N) is 1. The molecule has 0 atom stereocenters. The highest BCUT2D eigenvalue weighted by molar-refractivity contribution is 7.92. The van der Waals surface area contributed by atoms with E-state index in [0.29, 0.717) is 15.4 Å². The molecule has 0 spiro atoms. The Hall–Kier alpha value is -3.59. The second-order valence-corrected chi connectivity index (χ2v) is 8.11. The minimum absolute atomic E-state index is 0.00122. The molecule has 0 radical (unpaired) electrons. The lowest BCUT2D eigenvalue weighted by molar-refractivity contribution is -0.117. The third kappa shape index (κ3) is 3.67. The highest BCUT2D eigenvalue weighted by Gasteiger charge is 2.38. The molecule has 1 saturated heterocycles. The molecule has 0 bridgehead atoms. The molecule has 1 amide bonds. The molecule has 0 aliphatic carbocycles. The molecule has 0 unspecified atom stereocenters. The van der Waals surface area contributed by atoms with Crippen molar-refractivity contribution in [1.82, 2.24) is 4.72 Å². The first-order chi connectivity index (χ1) is 14.4. The summed E-state index contributed by atoms with van der Waals surface area (Å²) < 4.78 is 53.9. The fraction of sp³-hybridized carbons (Fsp3) is 0.0952. The van der Waals surface area contributed by atoms with Gasteiger partial charge >= 0.3 is 10.2 Å². The quantitative estimate of drug-likeness (QED) is 0.609. The number of anilines is 1. The van der Waals surface area contributed by atoms with Gasteiger partial charge in [0, 0.05) is 5.39 Å². The largest absolute Gasteiger partial charge is 0.487 e. The van der Waals surface area contributed by atoms with Crippen LogP contribution in [-0.2, 0) is 21.6 Å². The minimum atomic E-state index is -4.24. The Morgan fingerprint density at radius 2 is 1.93 bits per heavy atom. The summed E-state index contributed by atoms with van der Waals surface area (Å²) in [4.78, 5) is 11.7. The van der Waals surface area contributed by atoms with Crippen LogP contribution < -0.4 is 18.5 Å². The molecular formula is C21H17FN2O5S. The van der Waals surface area contributed by atoms with Crippen molar-refractivity contribution in [2.45, 2.75) is 6.61 Å². The molecule has 4 rings (SSSR count). The Balaban J connectivity index is 1.86. The molecule has 0 saturated carbocycles. The van der Waals surface area contributed by atoms with E-state index in [0.717, 1.165) is 5.56 Å². The van der Waals surface area contributed by atoms with Gasteiger partial charge in [-0.2, -0.15) is 8.42 Å². The Morgan fingerprint density at radius 1 is 1.17 bits per heavy atom. The molecule has 7 nitrogen and oxygen atoms in total. The van der Waals surface area contributed by atoms with Crippen molar-refractivity contribution in [3.8, 4) is 11.5 Å². The molecule has 1 heterocycles. The number of nitrogens with one attached hydrogen (secondary N) is 1. The van der Waals surface area contributed by atoms with Crippen molar-refractivity contribution in [3.63, 3.8) is 0 Å². The van der Waals surface area contributed by atoms with Gasteiger partial charge in [0.25, 0.3) is 5.91 Å². The van der Waals surface area contributed by atoms with Gasteiger partial charge in [-0.15, -0.1) is 0 Å². The first kappa shape index (κ1) is 19.7. The van der Waals surface area contributed by atoms with E-state index in [-0.39, 0.29) is 23.4 Å². The molecule has 30 heavy (non-hydrogen) atoms. The van der Waals surface area contributed by atoms with Gasteiger partial charge in [0.05, 0.1) is 6.26 Å². The number of amides is 1. The number of carbonyl (C=O) groups is 1. The molecule has 3 aromatic rings. The van der Waals surface area contributed by atoms with Crippen molar-refractivity contribution in [1.29, 1.82) is 0 Å². The maximum absolute atomic E-state index is 15.6. The van der Waals surface area contributed by atoms with Crippen molar-refractivity contribution < 1.29 is 27.1 Å². The number of rotatable bonds is 6. The highest BCUT2D eigenvalue weighted by Crippen LogP contribution is 2.40. The third-order valence-electron chi connectivity index (χ3n) is 4.52. The van der Waals surface area contributed by atoms with Crippen LogP contribution >= 0.6 is 0 Å². The van der Waals surface area contributed by atoms with Gasteiger partial charge < -0.3 is 9.47 Å². The summed E-state index contributed by atoms with van der Waals surface area (Å²) in [5.74, 6) is -1.27. The summed E-state index contributed by atoms with van der Waals surface area (Å²) in [5, 5.41) is 0.595. The normalized spacial score (nSPS) is 15.1. The lowest BCUT2D eigenvalue weighted by Crippen LogP contribution is -2.30. The number of hydrogen-bond acceptors (Lipinski definition) is 5. The van der Waals surface area contributed by atoms with Gasteiger partial charge in [0.1, 0.15) is 30.3 Å². The first-order valence-electron chi connectivity index (χ1n) is 8.93. The van der Waals surface area contributed by atoms with Crippen LogP contribution in [0.4, 0.5) is 10.1 Å². The first-order valence-corrected chi connectivity index (χ1v) is 10.4. The fourth-order valence-corrected chi connectivity index (χ4v) is 4.35. The molecule has 1 N–H and O–H groups in total. The number of halogens is 1. The smallest absolute Gasteiger partial charge is 0.326 e. The van der Waals surface area contributed by atoms with E-state index in [2.05, 4.69) is 6.58 Å². The van der Waals surface area contributed by atoms with Crippen LogP contribution in [0.3, 0.4) is 0 Å². The Bertz CT molecular complexity index is 1250. The number of ether oxygens (including phenoxy) is 2.